The van der Waals surface area contributed by atoms with Crippen LogP contribution in [0.3, 0.4) is 0 Å². The molecule has 1 atom stereocenters. The first-order chi connectivity index (χ1) is 11.1. The second-order valence-electron chi connectivity index (χ2n) is 5.30. The molecule has 0 bridgehead atoms. The third kappa shape index (κ3) is 3.48. The zero-order valence-electron chi connectivity index (χ0n) is 13.3. The third-order valence-electron chi connectivity index (χ3n) is 3.88. The van der Waals surface area contributed by atoms with Crippen molar-refractivity contribution in [3.05, 3.63) is 34.1 Å². The second-order valence-corrected chi connectivity index (χ2v) is 5.30. The predicted molar refractivity (Wildman–Crippen MR) is 88.4 cm³/mol. The summed E-state index contributed by atoms with van der Waals surface area (Å²) in [5.41, 5.74) is 0.149. The van der Waals surface area contributed by atoms with E-state index < -0.39 is 4.92 Å². The molecule has 10 heteroatoms. The van der Waals surface area contributed by atoms with Crippen LogP contribution >= 0.6 is 12.4 Å². The van der Waals surface area contributed by atoms with Gasteiger partial charge < -0.3 is 14.6 Å². The van der Waals surface area contributed by atoms with Crippen molar-refractivity contribution in [3.63, 3.8) is 0 Å². The molecule has 130 valence electrons. The van der Waals surface area contributed by atoms with Gasteiger partial charge >= 0.3 is 0 Å². The Balaban J connectivity index is 0.00000208. The van der Waals surface area contributed by atoms with E-state index in [1.807, 2.05) is 7.05 Å². The molecular formula is C14H18ClN5O4. The van der Waals surface area contributed by atoms with E-state index in [1.165, 1.54) is 25.3 Å². The summed E-state index contributed by atoms with van der Waals surface area (Å²) in [7, 11) is 3.47. The van der Waals surface area contributed by atoms with Crippen LogP contribution < -0.4 is 10.1 Å². The number of nitro benzene ring substituents is 1. The highest BCUT2D eigenvalue weighted by molar-refractivity contribution is 5.85. The fourth-order valence-electron chi connectivity index (χ4n) is 2.55. The standard InChI is InChI=1S/C14H17N5O4.ClH/c1-18-6-5-15-8-12(18)13-16-14(23-17-13)10-7-9(22-2)3-4-11(10)19(20)21;/h3-4,7,12,15H,5-6,8H2,1-2H3;1H. The van der Waals surface area contributed by atoms with E-state index in [9.17, 15) is 10.1 Å². The van der Waals surface area contributed by atoms with Crippen LogP contribution in [-0.4, -0.2) is 53.8 Å². The number of benzene rings is 1. The van der Waals surface area contributed by atoms with Gasteiger partial charge in [0.2, 0.25) is 0 Å². The average molecular weight is 356 g/mol. The van der Waals surface area contributed by atoms with Crippen LogP contribution in [0.1, 0.15) is 11.9 Å². The Morgan fingerprint density at radius 1 is 1.50 bits per heavy atom. The molecule has 24 heavy (non-hydrogen) atoms. The van der Waals surface area contributed by atoms with Crippen LogP contribution in [0.25, 0.3) is 11.5 Å². The number of hydrogen-bond donors (Lipinski definition) is 1. The summed E-state index contributed by atoms with van der Waals surface area (Å²) in [6, 6.07) is 4.40. The van der Waals surface area contributed by atoms with Crippen molar-refractivity contribution in [2.75, 3.05) is 33.8 Å². The molecule has 0 saturated carbocycles. The van der Waals surface area contributed by atoms with Gasteiger partial charge in [-0.3, -0.25) is 15.0 Å². The molecule has 0 amide bonds. The molecule has 1 aliphatic heterocycles. The molecule has 1 aromatic heterocycles. The summed E-state index contributed by atoms with van der Waals surface area (Å²) in [6.07, 6.45) is 0. The predicted octanol–water partition coefficient (Wildman–Crippen LogP) is 1.65. The quantitative estimate of drug-likeness (QED) is 0.651. The summed E-state index contributed by atoms with van der Waals surface area (Å²) in [6.45, 7) is 2.47. The molecule has 1 aromatic carbocycles. The first kappa shape index (κ1) is 18.1. The summed E-state index contributed by atoms with van der Waals surface area (Å²) < 4.78 is 10.4. The first-order valence-corrected chi connectivity index (χ1v) is 7.17. The van der Waals surface area contributed by atoms with Gasteiger partial charge in [-0.25, -0.2) is 0 Å². The van der Waals surface area contributed by atoms with Crippen LogP contribution in [0.4, 0.5) is 5.69 Å². The summed E-state index contributed by atoms with van der Waals surface area (Å²) in [5.74, 6) is 1.11. The monoisotopic (exact) mass is 355 g/mol. The maximum atomic E-state index is 11.2. The molecule has 0 aliphatic carbocycles. The highest BCUT2D eigenvalue weighted by Crippen LogP contribution is 2.33. The van der Waals surface area contributed by atoms with Crippen molar-refractivity contribution < 1.29 is 14.2 Å². The van der Waals surface area contributed by atoms with Crippen LogP contribution in [-0.2, 0) is 0 Å². The van der Waals surface area contributed by atoms with E-state index >= 15 is 0 Å². The van der Waals surface area contributed by atoms with E-state index in [4.69, 9.17) is 9.26 Å². The number of nitrogens with zero attached hydrogens (tertiary/aromatic N) is 4. The van der Waals surface area contributed by atoms with Crippen LogP contribution in [0.5, 0.6) is 5.75 Å². The van der Waals surface area contributed by atoms with Gasteiger partial charge in [0.05, 0.1) is 18.1 Å². The highest BCUT2D eigenvalue weighted by atomic mass is 35.5. The minimum absolute atomic E-state index is 0. The zero-order valence-corrected chi connectivity index (χ0v) is 14.1. The fourth-order valence-corrected chi connectivity index (χ4v) is 2.55. The number of nitrogens with one attached hydrogen (secondary N) is 1. The molecule has 1 saturated heterocycles. The van der Waals surface area contributed by atoms with Crippen molar-refractivity contribution in [1.82, 2.24) is 20.4 Å². The average Bonchev–Trinajstić information content (AvgIpc) is 3.04. The number of ether oxygens (including phenoxy) is 1. The number of methoxy groups -OCH3 is 1. The molecule has 3 rings (SSSR count). The van der Waals surface area contributed by atoms with Gasteiger partial charge in [0, 0.05) is 25.7 Å². The van der Waals surface area contributed by atoms with Crippen molar-refractivity contribution >= 4 is 18.1 Å². The number of piperazine rings is 1. The SMILES string of the molecule is COc1ccc([N+](=O)[O-])c(-c2nc(C3CNCCN3C)no2)c1.Cl. The molecule has 1 unspecified atom stereocenters. The van der Waals surface area contributed by atoms with Crippen molar-refractivity contribution in [2.45, 2.75) is 6.04 Å². The van der Waals surface area contributed by atoms with Crippen LogP contribution in [0.15, 0.2) is 22.7 Å². The highest BCUT2D eigenvalue weighted by Gasteiger charge is 2.27. The maximum absolute atomic E-state index is 11.2. The Morgan fingerprint density at radius 2 is 2.29 bits per heavy atom. The minimum Gasteiger partial charge on any atom is -0.497 e. The topological polar surface area (TPSA) is 107 Å². The molecule has 1 fully saturated rings. The van der Waals surface area contributed by atoms with Crippen molar-refractivity contribution in [1.29, 1.82) is 0 Å². The number of halogens is 1. The lowest BCUT2D eigenvalue weighted by molar-refractivity contribution is -0.384. The number of likely N-dealkylation sites (N-methyl/N-ethyl adjacent to an activating group) is 1. The zero-order chi connectivity index (χ0) is 16.4. The lowest BCUT2D eigenvalue weighted by atomic mass is 10.1. The molecule has 0 spiro atoms. The molecule has 1 N–H and O–H groups in total. The molecule has 2 aromatic rings. The number of aromatic nitrogens is 2. The van der Waals surface area contributed by atoms with Gasteiger partial charge in [0.25, 0.3) is 11.6 Å². The Labute approximate surface area is 144 Å². The van der Waals surface area contributed by atoms with Crippen molar-refractivity contribution in [3.8, 4) is 17.2 Å². The van der Waals surface area contributed by atoms with Gasteiger partial charge in [-0.15, -0.1) is 12.4 Å². The number of hydrogen-bond acceptors (Lipinski definition) is 8. The summed E-state index contributed by atoms with van der Waals surface area (Å²) >= 11 is 0. The Hall–Kier alpha value is -2.23. The minimum atomic E-state index is -0.479. The van der Waals surface area contributed by atoms with Crippen LogP contribution in [0.2, 0.25) is 0 Å². The molecule has 1 aliphatic rings. The number of rotatable bonds is 4. The van der Waals surface area contributed by atoms with Gasteiger partial charge in [-0.1, -0.05) is 5.16 Å². The van der Waals surface area contributed by atoms with Gasteiger partial charge in [0.1, 0.15) is 11.3 Å². The Bertz CT molecular complexity index is 723. The summed E-state index contributed by atoms with van der Waals surface area (Å²) in [4.78, 5) is 17.2. The van der Waals surface area contributed by atoms with E-state index in [2.05, 4.69) is 20.4 Å². The van der Waals surface area contributed by atoms with Gasteiger partial charge in [-0.05, 0) is 19.2 Å². The van der Waals surface area contributed by atoms with E-state index in [-0.39, 0.29) is 35.6 Å². The van der Waals surface area contributed by atoms with Gasteiger partial charge in [0.15, 0.2) is 5.82 Å². The third-order valence-corrected chi connectivity index (χ3v) is 3.88. The number of nitro groups is 1. The first-order valence-electron chi connectivity index (χ1n) is 7.17. The van der Waals surface area contributed by atoms with E-state index in [1.54, 1.807) is 0 Å². The largest absolute Gasteiger partial charge is 0.497 e. The Morgan fingerprint density at radius 3 is 2.96 bits per heavy atom. The van der Waals surface area contributed by atoms with Crippen molar-refractivity contribution in [2.24, 2.45) is 0 Å². The normalized spacial score (nSPS) is 18.0. The smallest absolute Gasteiger partial charge is 0.282 e. The second kappa shape index (κ2) is 7.56. The van der Waals surface area contributed by atoms with E-state index in [0.717, 1.165) is 13.1 Å². The molecule has 2 heterocycles. The molecular weight excluding hydrogens is 338 g/mol. The molecule has 9 nitrogen and oxygen atoms in total. The maximum Gasteiger partial charge on any atom is 0.282 e. The van der Waals surface area contributed by atoms with Gasteiger partial charge in [-0.2, -0.15) is 4.98 Å². The Kier molecular flexibility index (Phi) is 5.71. The van der Waals surface area contributed by atoms with E-state index in [0.29, 0.717) is 18.1 Å². The lowest BCUT2D eigenvalue weighted by Gasteiger charge is -2.30. The van der Waals surface area contributed by atoms with Crippen LogP contribution in [0, 0.1) is 10.1 Å². The summed E-state index contributed by atoms with van der Waals surface area (Å²) in [5, 5.41) is 18.5. The lowest BCUT2D eigenvalue weighted by Crippen LogP contribution is -2.44. The fraction of sp³-hybridized carbons (Fsp3) is 0.429. The molecule has 0 radical (unpaired) electrons.